The summed E-state index contributed by atoms with van der Waals surface area (Å²) in [5, 5.41) is 23.3. The van der Waals surface area contributed by atoms with Crippen molar-refractivity contribution in [3.63, 3.8) is 0 Å². The highest BCUT2D eigenvalue weighted by atomic mass is 35.5. The van der Waals surface area contributed by atoms with E-state index in [9.17, 15) is 15.2 Å². The fourth-order valence-corrected chi connectivity index (χ4v) is 1.94. The van der Waals surface area contributed by atoms with Gasteiger partial charge in [-0.1, -0.05) is 0 Å². The Morgan fingerprint density at radius 1 is 1.50 bits per heavy atom. The largest absolute Gasteiger partial charge is 0.508 e. The second-order valence-corrected chi connectivity index (χ2v) is 3.65. The zero-order valence-corrected chi connectivity index (χ0v) is 9.37. The Bertz CT molecular complexity index is 392. The Hall–Kier alpha value is -1.33. The first-order chi connectivity index (χ1) is 7.18. The highest BCUT2D eigenvalue weighted by Gasteiger charge is 2.24. The van der Waals surface area contributed by atoms with Gasteiger partial charge in [-0.05, 0) is 31.5 Å². The van der Waals surface area contributed by atoms with Crippen molar-refractivity contribution in [2.24, 2.45) is 0 Å². The number of nitro benzene ring substituents is 1. The van der Waals surface area contributed by atoms with Crippen molar-refractivity contribution in [3.8, 4) is 5.75 Å². The van der Waals surface area contributed by atoms with Crippen molar-refractivity contribution >= 4 is 18.1 Å². The van der Waals surface area contributed by atoms with Crippen LogP contribution < -0.4 is 5.32 Å². The van der Waals surface area contributed by atoms with Crippen molar-refractivity contribution in [3.05, 3.63) is 33.9 Å². The molecule has 1 aromatic rings. The molecule has 1 aromatic carbocycles. The molecule has 0 aliphatic carbocycles. The van der Waals surface area contributed by atoms with Gasteiger partial charge in [0.2, 0.25) is 0 Å². The molecule has 0 spiro atoms. The van der Waals surface area contributed by atoms with Crippen LogP contribution in [0, 0.1) is 10.1 Å². The van der Waals surface area contributed by atoms with Crippen molar-refractivity contribution in [1.82, 2.24) is 5.32 Å². The van der Waals surface area contributed by atoms with Crippen LogP contribution in [-0.4, -0.2) is 16.6 Å². The Balaban J connectivity index is 0.00000128. The number of aromatic hydroxyl groups is 1. The van der Waals surface area contributed by atoms with E-state index in [0.717, 1.165) is 19.4 Å². The molecule has 1 heterocycles. The van der Waals surface area contributed by atoms with E-state index in [0.29, 0.717) is 5.56 Å². The molecule has 6 heteroatoms. The number of nitro groups is 1. The number of nitrogens with zero attached hydrogens (tertiary/aromatic N) is 1. The third kappa shape index (κ3) is 2.43. The number of rotatable bonds is 2. The van der Waals surface area contributed by atoms with E-state index < -0.39 is 4.92 Å². The van der Waals surface area contributed by atoms with Crippen LogP contribution in [0.1, 0.15) is 24.4 Å². The molecule has 0 amide bonds. The maximum Gasteiger partial charge on any atom is 0.274 e. The molecule has 0 bridgehead atoms. The maximum absolute atomic E-state index is 10.8. The SMILES string of the molecule is Cl.O=[N+]([O-])c1ccc(O)cc1[C@@H]1CCCN1. The Morgan fingerprint density at radius 2 is 2.25 bits per heavy atom. The Morgan fingerprint density at radius 3 is 2.81 bits per heavy atom. The van der Waals surface area contributed by atoms with Crippen LogP contribution in [0.5, 0.6) is 5.75 Å². The van der Waals surface area contributed by atoms with Gasteiger partial charge in [-0.2, -0.15) is 0 Å². The first kappa shape index (κ1) is 12.7. The van der Waals surface area contributed by atoms with E-state index in [1.54, 1.807) is 0 Å². The molecule has 88 valence electrons. The van der Waals surface area contributed by atoms with E-state index in [1.807, 2.05) is 0 Å². The number of halogens is 1. The minimum absolute atomic E-state index is 0. The van der Waals surface area contributed by atoms with Gasteiger partial charge in [0, 0.05) is 12.1 Å². The van der Waals surface area contributed by atoms with E-state index in [2.05, 4.69) is 5.32 Å². The predicted octanol–water partition coefficient (Wildman–Crippen LogP) is 2.15. The Labute approximate surface area is 99.0 Å². The number of phenols is 1. The molecule has 2 rings (SSSR count). The lowest BCUT2D eigenvalue weighted by molar-refractivity contribution is -0.385. The summed E-state index contributed by atoms with van der Waals surface area (Å²) in [7, 11) is 0. The first-order valence-electron chi connectivity index (χ1n) is 4.89. The zero-order valence-electron chi connectivity index (χ0n) is 8.55. The minimum atomic E-state index is -0.408. The summed E-state index contributed by atoms with van der Waals surface area (Å²) < 4.78 is 0. The highest BCUT2D eigenvalue weighted by molar-refractivity contribution is 5.85. The molecular formula is C10H13ClN2O3. The molecule has 0 unspecified atom stereocenters. The van der Waals surface area contributed by atoms with Gasteiger partial charge in [0.05, 0.1) is 10.5 Å². The van der Waals surface area contributed by atoms with Crippen LogP contribution in [0.3, 0.4) is 0 Å². The van der Waals surface area contributed by atoms with Crippen molar-refractivity contribution in [1.29, 1.82) is 0 Å². The van der Waals surface area contributed by atoms with E-state index >= 15 is 0 Å². The first-order valence-corrected chi connectivity index (χ1v) is 4.89. The molecule has 1 aliphatic rings. The topological polar surface area (TPSA) is 75.4 Å². The lowest BCUT2D eigenvalue weighted by Crippen LogP contribution is -2.14. The van der Waals surface area contributed by atoms with Gasteiger partial charge in [0.25, 0.3) is 5.69 Å². The summed E-state index contributed by atoms with van der Waals surface area (Å²) in [5.41, 5.74) is 0.657. The lowest BCUT2D eigenvalue weighted by Gasteiger charge is -2.10. The fourth-order valence-electron chi connectivity index (χ4n) is 1.94. The molecule has 1 fully saturated rings. The van der Waals surface area contributed by atoms with Crippen molar-refractivity contribution < 1.29 is 10.0 Å². The number of nitrogens with one attached hydrogen (secondary N) is 1. The third-order valence-corrected chi connectivity index (χ3v) is 2.64. The molecule has 16 heavy (non-hydrogen) atoms. The van der Waals surface area contributed by atoms with Crippen LogP contribution in [-0.2, 0) is 0 Å². The van der Waals surface area contributed by atoms with Crippen LogP contribution >= 0.6 is 12.4 Å². The third-order valence-electron chi connectivity index (χ3n) is 2.64. The van der Waals surface area contributed by atoms with E-state index in [4.69, 9.17) is 0 Å². The number of hydrogen-bond donors (Lipinski definition) is 2. The second kappa shape index (κ2) is 5.14. The van der Waals surface area contributed by atoms with Gasteiger partial charge in [0.1, 0.15) is 5.75 Å². The molecule has 0 aromatic heterocycles. The standard InChI is InChI=1S/C10H12N2O3.ClH/c13-7-3-4-10(12(14)15)8(6-7)9-2-1-5-11-9;/h3-4,6,9,11,13H,1-2,5H2;1H/t9-;/m0./s1. The molecule has 1 aliphatic heterocycles. The van der Waals surface area contributed by atoms with Crippen LogP contribution in [0.4, 0.5) is 5.69 Å². The smallest absolute Gasteiger partial charge is 0.274 e. The Kier molecular flexibility index (Phi) is 4.09. The predicted molar refractivity (Wildman–Crippen MR) is 62.0 cm³/mol. The molecule has 0 radical (unpaired) electrons. The number of benzene rings is 1. The number of phenolic OH excluding ortho intramolecular Hbond substituents is 1. The van der Waals surface area contributed by atoms with Crippen LogP contribution in [0.15, 0.2) is 18.2 Å². The van der Waals surface area contributed by atoms with Gasteiger partial charge in [-0.15, -0.1) is 12.4 Å². The minimum Gasteiger partial charge on any atom is -0.508 e. The summed E-state index contributed by atoms with van der Waals surface area (Å²) in [5.74, 6) is 0.0734. The lowest BCUT2D eigenvalue weighted by atomic mass is 10.0. The van der Waals surface area contributed by atoms with E-state index in [1.165, 1.54) is 18.2 Å². The summed E-state index contributed by atoms with van der Waals surface area (Å²) >= 11 is 0. The molecule has 1 saturated heterocycles. The number of hydrogen-bond acceptors (Lipinski definition) is 4. The highest BCUT2D eigenvalue weighted by Crippen LogP contribution is 2.32. The van der Waals surface area contributed by atoms with Crippen molar-refractivity contribution in [2.45, 2.75) is 18.9 Å². The zero-order chi connectivity index (χ0) is 10.8. The molecule has 1 atom stereocenters. The summed E-state index contributed by atoms with van der Waals surface area (Å²) in [4.78, 5) is 10.4. The van der Waals surface area contributed by atoms with Crippen LogP contribution in [0.2, 0.25) is 0 Å². The van der Waals surface area contributed by atoms with Gasteiger partial charge in [-0.25, -0.2) is 0 Å². The summed E-state index contributed by atoms with van der Waals surface area (Å²) in [6.07, 6.45) is 1.89. The quantitative estimate of drug-likeness (QED) is 0.617. The summed E-state index contributed by atoms with van der Waals surface area (Å²) in [6.45, 7) is 0.872. The fraction of sp³-hybridized carbons (Fsp3) is 0.400. The average Bonchev–Trinajstić information content (AvgIpc) is 2.69. The van der Waals surface area contributed by atoms with Crippen molar-refractivity contribution in [2.75, 3.05) is 6.54 Å². The molecule has 2 N–H and O–H groups in total. The average molecular weight is 245 g/mol. The normalized spacial score (nSPS) is 19.1. The second-order valence-electron chi connectivity index (χ2n) is 3.65. The monoisotopic (exact) mass is 244 g/mol. The molecule has 0 saturated carbocycles. The molecule has 5 nitrogen and oxygen atoms in total. The van der Waals surface area contributed by atoms with Crippen LogP contribution in [0.25, 0.3) is 0 Å². The molecular weight excluding hydrogens is 232 g/mol. The van der Waals surface area contributed by atoms with Gasteiger partial charge in [-0.3, -0.25) is 10.1 Å². The van der Waals surface area contributed by atoms with E-state index in [-0.39, 0.29) is 29.9 Å². The van der Waals surface area contributed by atoms with Gasteiger partial charge in [0.15, 0.2) is 0 Å². The maximum atomic E-state index is 10.8. The van der Waals surface area contributed by atoms with Gasteiger partial charge >= 0.3 is 0 Å². The van der Waals surface area contributed by atoms with Gasteiger partial charge < -0.3 is 10.4 Å². The summed E-state index contributed by atoms with van der Waals surface area (Å²) in [6, 6.07) is 4.17.